The third kappa shape index (κ3) is 2.41. The molecule has 0 bridgehead atoms. The second-order valence-corrected chi connectivity index (χ2v) is 7.09. The van der Waals surface area contributed by atoms with E-state index in [4.69, 9.17) is 0 Å². The first kappa shape index (κ1) is 14.4. The van der Waals surface area contributed by atoms with Crippen molar-refractivity contribution in [3.05, 3.63) is 36.0 Å². The first-order valence-corrected chi connectivity index (χ1v) is 8.12. The Balaban J connectivity index is 2.06. The molecule has 2 heteroatoms. The first-order valence-electron chi connectivity index (χ1n) is 8.12. The smallest absolute Gasteiger partial charge is 0.171 e. The van der Waals surface area contributed by atoms with Gasteiger partial charge in [-0.15, -0.1) is 0 Å². The molecule has 1 saturated carbocycles. The topological polar surface area (TPSA) is 22.0 Å². The third-order valence-corrected chi connectivity index (χ3v) is 4.98. The van der Waals surface area contributed by atoms with Crippen molar-refractivity contribution in [1.29, 1.82) is 0 Å². The first-order chi connectivity index (χ1) is 10.0. The lowest BCUT2D eigenvalue weighted by Gasteiger charge is -2.29. The normalized spacial score (nSPS) is 17.7. The SMILES string of the molecule is CC(C)CC1(C(=O)c2cn(C)c3ccccc23)CCCC1. The number of aromatic nitrogens is 1. The second kappa shape index (κ2) is 5.32. The number of benzene rings is 1. The van der Waals surface area contributed by atoms with Gasteiger partial charge in [-0.25, -0.2) is 0 Å². The van der Waals surface area contributed by atoms with Crippen molar-refractivity contribution in [1.82, 2.24) is 4.57 Å². The number of hydrogen-bond acceptors (Lipinski definition) is 1. The molecule has 0 N–H and O–H groups in total. The van der Waals surface area contributed by atoms with Crippen molar-refractivity contribution in [2.75, 3.05) is 0 Å². The van der Waals surface area contributed by atoms with Gasteiger partial charge in [0.2, 0.25) is 0 Å². The van der Waals surface area contributed by atoms with E-state index in [1.807, 2.05) is 25.4 Å². The highest BCUT2D eigenvalue weighted by atomic mass is 16.1. The van der Waals surface area contributed by atoms with Gasteiger partial charge in [0.1, 0.15) is 0 Å². The van der Waals surface area contributed by atoms with E-state index in [9.17, 15) is 4.79 Å². The summed E-state index contributed by atoms with van der Waals surface area (Å²) in [5.74, 6) is 0.951. The maximum absolute atomic E-state index is 13.3. The van der Waals surface area contributed by atoms with Crippen molar-refractivity contribution < 1.29 is 4.79 Å². The molecule has 0 radical (unpaired) electrons. The number of carbonyl (C=O) groups excluding carboxylic acids is 1. The standard InChI is InChI=1S/C19H25NO/c1-14(2)12-19(10-6-7-11-19)18(21)16-13-20(3)17-9-5-4-8-15(16)17/h4-5,8-9,13-14H,6-7,10-12H2,1-3H3. The van der Waals surface area contributed by atoms with E-state index >= 15 is 0 Å². The van der Waals surface area contributed by atoms with Gasteiger partial charge >= 0.3 is 0 Å². The molecule has 1 aromatic heterocycles. The lowest BCUT2D eigenvalue weighted by molar-refractivity contribution is 0.0761. The molecule has 3 rings (SSSR count). The Kier molecular flexibility index (Phi) is 3.64. The van der Waals surface area contributed by atoms with Crippen LogP contribution in [0, 0.1) is 11.3 Å². The molecule has 112 valence electrons. The summed E-state index contributed by atoms with van der Waals surface area (Å²) < 4.78 is 2.08. The van der Waals surface area contributed by atoms with Gasteiger partial charge < -0.3 is 4.57 Å². The summed E-state index contributed by atoms with van der Waals surface area (Å²) in [5, 5.41) is 1.11. The Hall–Kier alpha value is -1.57. The van der Waals surface area contributed by atoms with Crippen LogP contribution in [0.5, 0.6) is 0 Å². The molecule has 21 heavy (non-hydrogen) atoms. The van der Waals surface area contributed by atoms with Gasteiger partial charge in [-0.05, 0) is 31.2 Å². The maximum atomic E-state index is 13.3. The highest BCUT2D eigenvalue weighted by Crippen LogP contribution is 2.46. The summed E-state index contributed by atoms with van der Waals surface area (Å²) in [7, 11) is 2.03. The number of hydrogen-bond donors (Lipinski definition) is 0. The van der Waals surface area contributed by atoms with E-state index < -0.39 is 0 Å². The summed E-state index contributed by atoms with van der Waals surface area (Å²) in [5.41, 5.74) is 1.97. The van der Waals surface area contributed by atoms with Gasteiger partial charge in [0.05, 0.1) is 0 Å². The molecule has 0 unspecified atom stereocenters. The fraction of sp³-hybridized carbons (Fsp3) is 0.526. The van der Waals surface area contributed by atoms with E-state index in [1.165, 1.54) is 12.8 Å². The van der Waals surface area contributed by atoms with Crippen molar-refractivity contribution in [3.8, 4) is 0 Å². The van der Waals surface area contributed by atoms with Gasteiger partial charge in [0, 0.05) is 35.1 Å². The number of Topliss-reactive ketones (excluding diaryl/α,β-unsaturated/α-hetero) is 1. The van der Waals surface area contributed by atoms with Crippen LogP contribution in [0.4, 0.5) is 0 Å². The molecule has 0 saturated heterocycles. The molecule has 1 aliphatic carbocycles. The minimum atomic E-state index is -0.113. The zero-order chi connectivity index (χ0) is 15.0. The van der Waals surface area contributed by atoms with Crippen LogP contribution >= 0.6 is 0 Å². The Morgan fingerprint density at radius 2 is 1.90 bits per heavy atom. The van der Waals surface area contributed by atoms with Gasteiger partial charge in [0.15, 0.2) is 5.78 Å². The molecule has 0 atom stereocenters. The lowest BCUT2D eigenvalue weighted by atomic mass is 9.73. The summed E-state index contributed by atoms with van der Waals surface area (Å²) in [6, 6.07) is 8.25. The Morgan fingerprint density at radius 1 is 1.24 bits per heavy atom. The predicted molar refractivity (Wildman–Crippen MR) is 87.6 cm³/mol. The number of ketones is 1. The summed E-state index contributed by atoms with van der Waals surface area (Å²) in [4.78, 5) is 13.3. The number of rotatable bonds is 4. The van der Waals surface area contributed by atoms with Gasteiger partial charge in [-0.3, -0.25) is 4.79 Å². The number of fused-ring (bicyclic) bond motifs is 1. The van der Waals surface area contributed by atoms with Crippen LogP contribution in [0.25, 0.3) is 10.9 Å². The minimum absolute atomic E-state index is 0.113. The highest BCUT2D eigenvalue weighted by molar-refractivity contribution is 6.10. The van der Waals surface area contributed by atoms with Crippen LogP contribution in [0.1, 0.15) is 56.3 Å². The van der Waals surface area contributed by atoms with Crippen LogP contribution in [0.2, 0.25) is 0 Å². The Labute approximate surface area is 127 Å². The average Bonchev–Trinajstić information content (AvgIpc) is 3.04. The van der Waals surface area contributed by atoms with E-state index in [0.717, 1.165) is 35.7 Å². The van der Waals surface area contributed by atoms with Crippen LogP contribution < -0.4 is 0 Å². The highest BCUT2D eigenvalue weighted by Gasteiger charge is 2.42. The molecule has 0 spiro atoms. The molecular weight excluding hydrogens is 258 g/mol. The Bertz CT molecular complexity index is 659. The zero-order valence-corrected chi connectivity index (χ0v) is 13.4. The molecule has 1 heterocycles. The summed E-state index contributed by atoms with van der Waals surface area (Å²) in [6.07, 6.45) is 7.58. The van der Waals surface area contributed by atoms with Crippen LogP contribution in [0.15, 0.2) is 30.5 Å². The predicted octanol–water partition coefficient (Wildman–Crippen LogP) is 4.97. The molecule has 2 aromatic rings. The van der Waals surface area contributed by atoms with Crippen molar-refractivity contribution >= 4 is 16.7 Å². The van der Waals surface area contributed by atoms with E-state index in [-0.39, 0.29) is 5.41 Å². The largest absolute Gasteiger partial charge is 0.350 e. The number of carbonyl (C=O) groups is 1. The van der Waals surface area contributed by atoms with E-state index in [0.29, 0.717) is 11.7 Å². The molecule has 1 aliphatic rings. The monoisotopic (exact) mass is 283 g/mol. The molecule has 1 fully saturated rings. The van der Waals surface area contributed by atoms with E-state index in [1.54, 1.807) is 0 Å². The fourth-order valence-corrected chi connectivity index (χ4v) is 4.17. The zero-order valence-electron chi connectivity index (χ0n) is 13.4. The van der Waals surface area contributed by atoms with Gasteiger partial charge in [0.25, 0.3) is 0 Å². The molecule has 1 aromatic carbocycles. The average molecular weight is 283 g/mol. The molecular formula is C19H25NO. The maximum Gasteiger partial charge on any atom is 0.171 e. The van der Waals surface area contributed by atoms with Crippen LogP contribution in [-0.4, -0.2) is 10.4 Å². The lowest BCUT2D eigenvalue weighted by Crippen LogP contribution is -2.29. The number of nitrogens with zero attached hydrogens (tertiary/aromatic N) is 1. The molecule has 0 amide bonds. The Morgan fingerprint density at radius 3 is 2.57 bits per heavy atom. The fourth-order valence-electron chi connectivity index (χ4n) is 4.17. The van der Waals surface area contributed by atoms with Gasteiger partial charge in [-0.2, -0.15) is 0 Å². The van der Waals surface area contributed by atoms with Crippen molar-refractivity contribution in [3.63, 3.8) is 0 Å². The second-order valence-electron chi connectivity index (χ2n) is 7.09. The summed E-state index contributed by atoms with van der Waals surface area (Å²) in [6.45, 7) is 4.47. The van der Waals surface area contributed by atoms with Crippen molar-refractivity contribution in [2.24, 2.45) is 18.4 Å². The third-order valence-electron chi connectivity index (χ3n) is 4.98. The number of para-hydroxylation sites is 1. The van der Waals surface area contributed by atoms with E-state index in [2.05, 4.69) is 30.5 Å². The van der Waals surface area contributed by atoms with Crippen molar-refractivity contribution in [2.45, 2.75) is 46.0 Å². The molecule has 2 nitrogen and oxygen atoms in total. The number of aryl methyl sites for hydroxylation is 1. The molecule has 0 aliphatic heterocycles. The van der Waals surface area contributed by atoms with Crippen LogP contribution in [0.3, 0.4) is 0 Å². The minimum Gasteiger partial charge on any atom is -0.350 e. The van der Waals surface area contributed by atoms with Crippen LogP contribution in [-0.2, 0) is 7.05 Å². The quantitative estimate of drug-likeness (QED) is 0.726. The summed E-state index contributed by atoms with van der Waals surface area (Å²) >= 11 is 0. The van der Waals surface area contributed by atoms with Gasteiger partial charge in [-0.1, -0.05) is 44.9 Å².